The number of imidazole rings is 1. The minimum Gasteiger partial charge on any atom is -0.454 e. The molecule has 0 N–H and O–H groups in total. The molecule has 0 amide bonds. The van der Waals surface area contributed by atoms with Gasteiger partial charge in [0, 0.05) is 32.3 Å². The highest BCUT2D eigenvalue weighted by atomic mass is 16.5. The molecule has 0 saturated heterocycles. The third-order valence-electron chi connectivity index (χ3n) is 1.98. The van der Waals surface area contributed by atoms with E-state index in [1.54, 1.807) is 6.20 Å². The maximum Gasteiger partial charge on any atom is 0.303 e. The molecule has 1 aliphatic rings. The largest absolute Gasteiger partial charge is 0.454 e. The lowest BCUT2D eigenvalue weighted by Gasteiger charge is -2.07. The van der Waals surface area contributed by atoms with Gasteiger partial charge in [0.2, 0.25) is 0 Å². The van der Waals surface area contributed by atoms with Crippen LogP contribution < -0.4 is 0 Å². The second-order valence-corrected chi connectivity index (χ2v) is 2.87. The van der Waals surface area contributed by atoms with Crippen LogP contribution in [-0.2, 0) is 16.1 Å². The first-order valence-corrected chi connectivity index (χ1v) is 3.95. The van der Waals surface area contributed by atoms with E-state index in [0.717, 1.165) is 18.8 Å². The average Bonchev–Trinajstić information content (AvgIpc) is 2.52. The van der Waals surface area contributed by atoms with E-state index in [2.05, 4.69) is 4.98 Å². The molecule has 0 aromatic carbocycles. The number of ether oxygens (including phenoxy) is 1. The number of aryl methyl sites for hydroxylation is 1. The molecule has 0 aliphatic carbocycles. The van der Waals surface area contributed by atoms with Crippen LogP contribution in [0, 0.1) is 0 Å². The first-order valence-electron chi connectivity index (χ1n) is 3.95. The van der Waals surface area contributed by atoms with Crippen molar-refractivity contribution >= 4 is 5.97 Å². The first-order chi connectivity index (χ1) is 5.77. The first kappa shape index (κ1) is 7.34. The Morgan fingerprint density at radius 2 is 2.67 bits per heavy atom. The molecule has 4 nitrogen and oxygen atoms in total. The van der Waals surface area contributed by atoms with Crippen molar-refractivity contribution in [1.29, 1.82) is 0 Å². The number of rotatable bonds is 1. The molecule has 0 bridgehead atoms. The molecular weight excluding hydrogens is 156 g/mol. The zero-order chi connectivity index (χ0) is 8.55. The van der Waals surface area contributed by atoms with Crippen molar-refractivity contribution in [2.24, 2.45) is 0 Å². The number of hydrogen-bond acceptors (Lipinski definition) is 3. The molecule has 1 aliphatic heterocycles. The van der Waals surface area contributed by atoms with Gasteiger partial charge < -0.3 is 9.30 Å². The van der Waals surface area contributed by atoms with Crippen LogP contribution >= 0.6 is 0 Å². The summed E-state index contributed by atoms with van der Waals surface area (Å²) >= 11 is 0. The quantitative estimate of drug-likeness (QED) is 0.582. The summed E-state index contributed by atoms with van der Waals surface area (Å²) < 4.78 is 7.08. The number of fused-ring (bicyclic) bond motifs is 1. The van der Waals surface area contributed by atoms with Gasteiger partial charge in [-0.3, -0.25) is 4.79 Å². The van der Waals surface area contributed by atoms with Gasteiger partial charge >= 0.3 is 5.97 Å². The fraction of sp³-hybridized carbons (Fsp3) is 0.500. The summed E-state index contributed by atoms with van der Waals surface area (Å²) in [5.41, 5.74) is 0. The zero-order valence-corrected chi connectivity index (χ0v) is 6.86. The Morgan fingerprint density at radius 1 is 1.83 bits per heavy atom. The average molecular weight is 166 g/mol. The second kappa shape index (κ2) is 2.62. The standard InChI is InChI=1S/C8H10N2O2/c1-6(11)12-7-2-4-10-5-3-9-8(7)10/h3,5,7H,2,4H2,1H3/t7-/m0/s1. The molecule has 0 fully saturated rings. The maximum absolute atomic E-state index is 10.7. The summed E-state index contributed by atoms with van der Waals surface area (Å²) in [7, 11) is 0. The van der Waals surface area contributed by atoms with Crippen molar-refractivity contribution < 1.29 is 9.53 Å². The van der Waals surface area contributed by atoms with Crippen molar-refractivity contribution in [2.45, 2.75) is 26.0 Å². The predicted octanol–water partition coefficient (Wildman–Crippen LogP) is 0.891. The van der Waals surface area contributed by atoms with Crippen LogP contribution in [0.15, 0.2) is 12.4 Å². The van der Waals surface area contributed by atoms with Crippen LogP contribution in [0.5, 0.6) is 0 Å². The van der Waals surface area contributed by atoms with E-state index in [0.29, 0.717) is 0 Å². The Hall–Kier alpha value is -1.32. The van der Waals surface area contributed by atoms with Crippen LogP contribution in [0.3, 0.4) is 0 Å². The summed E-state index contributed by atoms with van der Waals surface area (Å²) in [5, 5.41) is 0. The van der Waals surface area contributed by atoms with E-state index < -0.39 is 0 Å². The van der Waals surface area contributed by atoms with E-state index in [1.165, 1.54) is 6.92 Å². The van der Waals surface area contributed by atoms with Gasteiger partial charge in [0.05, 0.1) is 0 Å². The number of aromatic nitrogens is 2. The van der Waals surface area contributed by atoms with E-state index in [4.69, 9.17) is 4.74 Å². The summed E-state index contributed by atoms with van der Waals surface area (Å²) in [6, 6.07) is 0. The Kier molecular flexibility index (Phi) is 1.60. The smallest absolute Gasteiger partial charge is 0.303 e. The van der Waals surface area contributed by atoms with Crippen LogP contribution in [0.4, 0.5) is 0 Å². The van der Waals surface area contributed by atoms with Crippen LogP contribution in [0.1, 0.15) is 25.3 Å². The molecule has 2 rings (SSSR count). The highest BCUT2D eigenvalue weighted by Crippen LogP contribution is 2.26. The number of hydrogen-bond donors (Lipinski definition) is 0. The van der Waals surface area contributed by atoms with E-state index >= 15 is 0 Å². The van der Waals surface area contributed by atoms with Crippen LogP contribution in [0.2, 0.25) is 0 Å². The molecule has 1 atom stereocenters. The molecule has 0 radical (unpaired) electrons. The molecule has 12 heavy (non-hydrogen) atoms. The molecule has 1 aromatic heterocycles. The SMILES string of the molecule is CC(=O)O[C@H]1CCn2ccnc21. The molecule has 4 heteroatoms. The lowest BCUT2D eigenvalue weighted by molar-refractivity contribution is -0.146. The van der Waals surface area contributed by atoms with Gasteiger partial charge in [0.15, 0.2) is 6.10 Å². The van der Waals surface area contributed by atoms with Crippen LogP contribution in [0.25, 0.3) is 0 Å². The summed E-state index contributed by atoms with van der Waals surface area (Å²) in [6.45, 7) is 2.32. The van der Waals surface area contributed by atoms with Gasteiger partial charge in [-0.25, -0.2) is 4.98 Å². The highest BCUT2D eigenvalue weighted by Gasteiger charge is 2.25. The van der Waals surface area contributed by atoms with Gasteiger partial charge in [-0.05, 0) is 0 Å². The Labute approximate surface area is 70.2 Å². The van der Waals surface area contributed by atoms with E-state index in [9.17, 15) is 4.79 Å². The molecule has 1 aromatic rings. The predicted molar refractivity (Wildman–Crippen MR) is 41.4 cm³/mol. The topological polar surface area (TPSA) is 44.1 Å². The van der Waals surface area contributed by atoms with Crippen molar-refractivity contribution in [3.05, 3.63) is 18.2 Å². The molecule has 0 saturated carbocycles. The Morgan fingerprint density at radius 3 is 3.42 bits per heavy atom. The van der Waals surface area contributed by atoms with Gasteiger partial charge in [0.25, 0.3) is 0 Å². The fourth-order valence-corrected chi connectivity index (χ4v) is 1.50. The zero-order valence-electron chi connectivity index (χ0n) is 6.86. The molecular formula is C8H10N2O2. The number of carbonyl (C=O) groups excluding carboxylic acids is 1. The van der Waals surface area contributed by atoms with Gasteiger partial charge in [0.1, 0.15) is 5.82 Å². The van der Waals surface area contributed by atoms with Crippen molar-refractivity contribution in [3.63, 3.8) is 0 Å². The molecule has 0 spiro atoms. The lowest BCUT2D eigenvalue weighted by Crippen LogP contribution is -2.06. The molecule has 2 heterocycles. The summed E-state index contributed by atoms with van der Waals surface area (Å²) in [4.78, 5) is 14.8. The minimum atomic E-state index is -0.239. The van der Waals surface area contributed by atoms with Gasteiger partial charge in [-0.2, -0.15) is 0 Å². The van der Waals surface area contributed by atoms with Gasteiger partial charge in [-0.15, -0.1) is 0 Å². The monoisotopic (exact) mass is 166 g/mol. The Balaban J connectivity index is 2.17. The maximum atomic E-state index is 10.7. The highest BCUT2D eigenvalue weighted by molar-refractivity contribution is 5.66. The van der Waals surface area contributed by atoms with E-state index in [-0.39, 0.29) is 12.1 Å². The summed E-state index contributed by atoms with van der Waals surface area (Å²) in [5.74, 6) is 0.627. The molecule has 0 unspecified atom stereocenters. The lowest BCUT2D eigenvalue weighted by atomic mass is 10.3. The van der Waals surface area contributed by atoms with Crippen LogP contribution in [-0.4, -0.2) is 15.5 Å². The normalized spacial score (nSPS) is 20.6. The fourth-order valence-electron chi connectivity index (χ4n) is 1.50. The van der Waals surface area contributed by atoms with E-state index in [1.807, 2.05) is 10.8 Å². The number of carbonyl (C=O) groups is 1. The second-order valence-electron chi connectivity index (χ2n) is 2.87. The summed E-state index contributed by atoms with van der Waals surface area (Å²) in [6.07, 6.45) is 4.35. The van der Waals surface area contributed by atoms with Gasteiger partial charge in [-0.1, -0.05) is 0 Å². The third kappa shape index (κ3) is 1.09. The van der Waals surface area contributed by atoms with Crippen molar-refractivity contribution in [3.8, 4) is 0 Å². The number of esters is 1. The van der Waals surface area contributed by atoms with Crippen molar-refractivity contribution in [1.82, 2.24) is 9.55 Å². The van der Waals surface area contributed by atoms with Crippen molar-refractivity contribution in [2.75, 3.05) is 0 Å². The Bertz CT molecular complexity index is 306. The molecule has 64 valence electrons. The number of nitrogens with zero attached hydrogens (tertiary/aromatic N) is 2. The minimum absolute atomic E-state index is 0.127. The third-order valence-corrected chi connectivity index (χ3v) is 1.98.